The quantitative estimate of drug-likeness (QED) is 0.527. The molecular weight excluding hydrogens is 577 g/mol. The lowest BCUT2D eigenvalue weighted by Crippen LogP contribution is -2.56. The lowest BCUT2D eigenvalue weighted by Gasteiger charge is -2.39. The summed E-state index contributed by atoms with van der Waals surface area (Å²) < 4.78 is 47.6. The molecule has 44 heavy (non-hydrogen) atoms. The van der Waals surface area contributed by atoms with E-state index in [-0.39, 0.29) is 47.6 Å². The van der Waals surface area contributed by atoms with Crippen LogP contribution in [-0.2, 0) is 15.7 Å². The van der Waals surface area contributed by atoms with Crippen LogP contribution in [0.25, 0.3) is 0 Å². The zero-order chi connectivity index (χ0) is 30.9. The number of piperidine rings is 1. The molecule has 232 valence electrons. The van der Waals surface area contributed by atoms with E-state index in [1.54, 1.807) is 16.5 Å². The maximum absolute atomic E-state index is 14.3. The Morgan fingerprint density at radius 2 is 1.89 bits per heavy atom. The maximum Gasteiger partial charge on any atom is 0.416 e. The molecule has 3 amide bonds. The van der Waals surface area contributed by atoms with Gasteiger partial charge in [0.1, 0.15) is 17.9 Å². The Labute approximate surface area is 252 Å². The summed E-state index contributed by atoms with van der Waals surface area (Å²) in [5, 5.41) is 17.5. The Balaban J connectivity index is 1.33. The average Bonchev–Trinajstić information content (AvgIpc) is 3.94. The van der Waals surface area contributed by atoms with E-state index in [2.05, 4.69) is 11.4 Å². The van der Waals surface area contributed by atoms with Crippen LogP contribution in [0.2, 0.25) is 0 Å². The van der Waals surface area contributed by atoms with Crippen molar-refractivity contribution in [3.05, 3.63) is 46.6 Å². The molecule has 4 fully saturated rings. The van der Waals surface area contributed by atoms with E-state index in [0.29, 0.717) is 49.8 Å². The topological polar surface area (TPSA) is 121 Å². The van der Waals surface area contributed by atoms with E-state index < -0.39 is 35.6 Å². The highest BCUT2D eigenvalue weighted by Gasteiger charge is 2.57. The molecule has 7 rings (SSSR count). The van der Waals surface area contributed by atoms with E-state index in [4.69, 9.17) is 9.84 Å². The van der Waals surface area contributed by atoms with Crippen LogP contribution in [0.1, 0.15) is 89.4 Å². The van der Waals surface area contributed by atoms with E-state index in [1.165, 1.54) is 11.0 Å². The number of ether oxygens (including phenoxy) is 1. The van der Waals surface area contributed by atoms with Crippen LogP contribution in [0.15, 0.2) is 24.3 Å². The van der Waals surface area contributed by atoms with Gasteiger partial charge in [-0.15, -0.1) is 0 Å². The first-order valence-corrected chi connectivity index (χ1v) is 15.3. The summed E-state index contributed by atoms with van der Waals surface area (Å²) >= 11 is 0. The number of benzene rings is 1. The monoisotopic (exact) mass is 610 g/mol. The van der Waals surface area contributed by atoms with Crippen LogP contribution >= 0.6 is 0 Å². The predicted octanol–water partition coefficient (Wildman–Crippen LogP) is 4.04. The van der Waals surface area contributed by atoms with Gasteiger partial charge in [-0.1, -0.05) is 6.07 Å². The molecule has 0 bridgehead atoms. The summed E-state index contributed by atoms with van der Waals surface area (Å²) in [4.78, 5) is 45.2. The number of likely N-dealkylation sites (tertiary alicyclic amines) is 1. The van der Waals surface area contributed by atoms with Crippen molar-refractivity contribution < 1.29 is 32.3 Å². The van der Waals surface area contributed by atoms with Crippen molar-refractivity contribution in [1.82, 2.24) is 20.0 Å². The van der Waals surface area contributed by atoms with Crippen molar-refractivity contribution in [2.24, 2.45) is 11.8 Å². The summed E-state index contributed by atoms with van der Waals surface area (Å²) in [6, 6.07) is 4.59. The zero-order valence-corrected chi connectivity index (χ0v) is 24.2. The van der Waals surface area contributed by atoms with Crippen molar-refractivity contribution in [2.45, 2.75) is 81.7 Å². The summed E-state index contributed by atoms with van der Waals surface area (Å²) in [7, 11) is 0. The Hall–Kier alpha value is -3.92. The summed E-state index contributed by atoms with van der Waals surface area (Å²) in [6.45, 7) is 3.05. The molecule has 5 aliphatic rings. The number of nitriles is 1. The van der Waals surface area contributed by atoms with Crippen LogP contribution in [0.5, 0.6) is 0 Å². The average molecular weight is 611 g/mol. The Morgan fingerprint density at radius 1 is 1.14 bits per heavy atom. The third kappa shape index (κ3) is 4.74. The highest BCUT2D eigenvalue weighted by atomic mass is 19.4. The van der Waals surface area contributed by atoms with Crippen LogP contribution in [0, 0.1) is 23.2 Å². The van der Waals surface area contributed by atoms with Gasteiger partial charge < -0.3 is 15.0 Å². The van der Waals surface area contributed by atoms with Crippen molar-refractivity contribution >= 4 is 23.5 Å². The fraction of sp³-hybridized carbons (Fsp3) is 0.581. The number of aromatic nitrogens is 2. The highest BCUT2D eigenvalue weighted by Crippen LogP contribution is 2.53. The number of alkyl halides is 3. The lowest BCUT2D eigenvalue weighted by atomic mass is 9.82. The van der Waals surface area contributed by atoms with Gasteiger partial charge in [0, 0.05) is 42.8 Å². The number of nitrogens with zero attached hydrogens (tertiary/aromatic N) is 5. The molecule has 13 heteroatoms. The second kappa shape index (κ2) is 10.6. The van der Waals surface area contributed by atoms with Gasteiger partial charge >= 0.3 is 6.18 Å². The fourth-order valence-electron chi connectivity index (χ4n) is 7.42. The van der Waals surface area contributed by atoms with Gasteiger partial charge in [0.25, 0.3) is 17.7 Å². The molecule has 1 aromatic carbocycles. The number of hydrogen-bond acceptors (Lipinski definition) is 6. The molecule has 2 saturated heterocycles. The van der Waals surface area contributed by atoms with Crippen LogP contribution in [0.3, 0.4) is 0 Å². The van der Waals surface area contributed by atoms with Crippen molar-refractivity contribution in [3.8, 4) is 6.07 Å². The van der Waals surface area contributed by atoms with Gasteiger partial charge in [0.05, 0.1) is 17.7 Å². The normalized spacial score (nSPS) is 28.3. The number of rotatable bonds is 6. The number of halogens is 3. The van der Waals surface area contributed by atoms with Crippen molar-refractivity contribution in [2.75, 3.05) is 24.7 Å². The minimum atomic E-state index is -4.63. The first-order chi connectivity index (χ1) is 21.1. The Kier molecular flexibility index (Phi) is 6.95. The molecule has 0 unspecified atom stereocenters. The van der Waals surface area contributed by atoms with Crippen LogP contribution < -0.4 is 10.2 Å². The molecule has 2 aromatic rings. The van der Waals surface area contributed by atoms with E-state index >= 15 is 0 Å². The minimum Gasteiger partial charge on any atom is -0.381 e. The fourth-order valence-corrected chi connectivity index (χ4v) is 7.42. The van der Waals surface area contributed by atoms with Gasteiger partial charge in [-0.3, -0.25) is 19.3 Å². The number of hydrogen-bond donors (Lipinski definition) is 1. The van der Waals surface area contributed by atoms with E-state index in [0.717, 1.165) is 37.5 Å². The first-order valence-electron chi connectivity index (χ1n) is 15.3. The van der Waals surface area contributed by atoms with Gasteiger partial charge in [-0.2, -0.15) is 23.5 Å². The van der Waals surface area contributed by atoms with E-state index in [9.17, 15) is 32.8 Å². The molecule has 1 aromatic heterocycles. The highest BCUT2D eigenvalue weighted by molar-refractivity contribution is 6.07. The SMILES string of the molecule is CCN1C(=O)[C@@H](NC(=O)c2cccc(C(F)(F)F)c2)[C@@H](C2CC2)c2c(C(=O)N3[C@@H]4C[C@@H]4C[C@@H]3C#N)nn(C3CCOCC3)c21. The van der Waals surface area contributed by atoms with E-state index in [1.807, 2.05) is 0 Å². The smallest absolute Gasteiger partial charge is 0.381 e. The third-order valence-electron chi connectivity index (χ3n) is 9.81. The number of likely N-dealkylation sites (N-methyl/N-ethyl adjacent to an activating group) is 1. The first kappa shape index (κ1) is 28.8. The summed E-state index contributed by atoms with van der Waals surface area (Å²) in [5.41, 5.74) is -0.391. The largest absolute Gasteiger partial charge is 0.416 e. The molecule has 0 radical (unpaired) electrons. The van der Waals surface area contributed by atoms with Gasteiger partial charge in [-0.05, 0) is 75.5 Å². The molecular formula is C31H33F3N6O4. The van der Waals surface area contributed by atoms with Gasteiger partial charge in [-0.25, -0.2) is 4.68 Å². The van der Waals surface area contributed by atoms with Crippen LogP contribution in [-0.4, -0.2) is 70.3 Å². The number of amides is 3. The Morgan fingerprint density at radius 3 is 2.55 bits per heavy atom. The zero-order valence-electron chi connectivity index (χ0n) is 24.2. The molecule has 0 spiro atoms. The summed E-state index contributed by atoms with van der Waals surface area (Å²) in [6.07, 6.45) is -0.341. The number of carbonyl (C=O) groups excluding carboxylic acids is 3. The maximum atomic E-state index is 14.3. The summed E-state index contributed by atoms with van der Waals surface area (Å²) in [5.74, 6) is -1.32. The second-order valence-corrected chi connectivity index (χ2v) is 12.5. The molecule has 2 aliphatic carbocycles. The lowest BCUT2D eigenvalue weighted by molar-refractivity contribution is -0.137. The number of nitrogens with one attached hydrogen (secondary N) is 1. The number of fused-ring (bicyclic) bond motifs is 2. The molecule has 5 atom stereocenters. The standard InChI is InChI=1S/C31H33F3N6O4/c1-2-38-28-24(23(16-6-7-16)25(29(38)42)36-27(41)17-4-3-5-19(12-17)31(32,33)34)26(37-40(28)20-8-10-44-11-9-20)30(43)39-21(15-35)13-18-14-22(18)39/h3-5,12,16,18,20-23,25H,2,6-11,13-14H2,1H3,(H,36,41)/t18-,21+,22+,23-,25-/m0/s1. The van der Waals surface area contributed by atoms with Gasteiger partial charge in [0.2, 0.25) is 0 Å². The minimum absolute atomic E-state index is 0.0145. The number of anilines is 1. The molecule has 2 saturated carbocycles. The number of carbonyl (C=O) groups is 3. The molecule has 3 aliphatic heterocycles. The van der Waals surface area contributed by atoms with Gasteiger partial charge in [0.15, 0.2) is 5.69 Å². The molecule has 4 heterocycles. The molecule has 10 nitrogen and oxygen atoms in total. The van der Waals surface area contributed by atoms with Crippen LogP contribution in [0.4, 0.5) is 19.0 Å². The van der Waals surface area contributed by atoms with Crippen molar-refractivity contribution in [1.29, 1.82) is 5.26 Å². The predicted molar refractivity (Wildman–Crippen MR) is 150 cm³/mol. The van der Waals surface area contributed by atoms with Crippen molar-refractivity contribution in [3.63, 3.8) is 0 Å². The molecule has 1 N–H and O–H groups in total. The second-order valence-electron chi connectivity index (χ2n) is 12.5. The third-order valence-corrected chi connectivity index (χ3v) is 9.81. The Bertz CT molecular complexity index is 1560.